The van der Waals surface area contributed by atoms with Gasteiger partial charge in [0.2, 0.25) is 6.08 Å². The molecule has 0 aliphatic rings. The summed E-state index contributed by atoms with van der Waals surface area (Å²) < 4.78 is 0. The minimum atomic E-state index is -1.05. The van der Waals surface area contributed by atoms with Crippen LogP contribution in [-0.2, 0) is 4.79 Å². The van der Waals surface area contributed by atoms with Gasteiger partial charge in [0.25, 0.3) is 0 Å². The average molecular weight is 257 g/mol. The lowest BCUT2D eigenvalue weighted by atomic mass is 10.2. The van der Waals surface area contributed by atoms with Crippen LogP contribution in [0.3, 0.4) is 0 Å². The van der Waals surface area contributed by atoms with E-state index in [-0.39, 0.29) is 5.69 Å². The molecule has 0 aliphatic heterocycles. The van der Waals surface area contributed by atoms with Crippen molar-refractivity contribution in [1.29, 1.82) is 0 Å². The van der Waals surface area contributed by atoms with Crippen LogP contribution in [0.15, 0.2) is 47.8 Å². The number of rotatable bonds is 2. The van der Waals surface area contributed by atoms with Crippen LogP contribution in [0.5, 0.6) is 0 Å². The molecule has 0 fully saturated rings. The second-order valence-electron chi connectivity index (χ2n) is 3.43. The van der Waals surface area contributed by atoms with Gasteiger partial charge in [-0.05, 0) is 19.1 Å². The number of carboxylic acid groups (broad SMARTS) is 1. The molecule has 0 saturated carbocycles. The van der Waals surface area contributed by atoms with Crippen LogP contribution >= 0.6 is 0 Å². The van der Waals surface area contributed by atoms with E-state index in [2.05, 4.69) is 15.0 Å². The minimum Gasteiger partial charge on any atom is -0.476 e. The number of carboxylic acids is 1. The first-order chi connectivity index (χ1) is 9.13. The number of aromatic carboxylic acids is 1. The Kier molecular flexibility index (Phi) is 5.59. The number of aryl methyl sites for hydroxylation is 1. The molecule has 2 aromatic rings. The zero-order valence-electron chi connectivity index (χ0n) is 10.1. The Labute approximate surface area is 109 Å². The quantitative estimate of drug-likeness (QED) is 0.657. The van der Waals surface area contributed by atoms with E-state index in [1.807, 2.05) is 19.1 Å². The van der Waals surface area contributed by atoms with Gasteiger partial charge < -0.3 is 5.11 Å². The molecule has 0 bridgehead atoms. The minimum absolute atomic E-state index is 0.0301. The van der Waals surface area contributed by atoms with E-state index in [9.17, 15) is 9.59 Å². The molecule has 1 aromatic heterocycles. The standard InChI is InChI=1S/C8H7NO.C5H4N2O2/c1-7-2-4-8(5-3-7)9-6-10;8-5(9)4-3-6-1-2-7-4/h2-5H,1H3;1-3H,(H,8,9). The van der Waals surface area contributed by atoms with Gasteiger partial charge in [-0.25, -0.2) is 14.6 Å². The molecule has 1 heterocycles. The average Bonchev–Trinajstić information content (AvgIpc) is 2.43. The molecule has 2 rings (SSSR count). The number of aromatic nitrogens is 2. The summed E-state index contributed by atoms with van der Waals surface area (Å²) >= 11 is 0. The Hall–Kier alpha value is -2.85. The predicted octanol–water partition coefficient (Wildman–Crippen LogP) is 2.14. The molecule has 0 spiro atoms. The number of carbonyl (C=O) groups excluding carboxylic acids is 1. The number of isocyanates is 1. The Bertz CT molecular complexity index is 576. The van der Waals surface area contributed by atoms with Crippen molar-refractivity contribution in [2.75, 3.05) is 0 Å². The molecule has 0 atom stereocenters. The Morgan fingerprint density at radius 1 is 1.26 bits per heavy atom. The van der Waals surface area contributed by atoms with Crippen molar-refractivity contribution in [2.24, 2.45) is 4.99 Å². The maximum atomic E-state index is 10.1. The van der Waals surface area contributed by atoms with Crippen molar-refractivity contribution >= 4 is 17.7 Å². The summed E-state index contributed by atoms with van der Waals surface area (Å²) in [6.07, 6.45) is 5.44. The first-order valence-corrected chi connectivity index (χ1v) is 5.27. The van der Waals surface area contributed by atoms with Crippen molar-refractivity contribution in [3.63, 3.8) is 0 Å². The summed E-state index contributed by atoms with van der Waals surface area (Å²) in [6, 6.07) is 7.35. The van der Waals surface area contributed by atoms with Crippen LogP contribution in [0.4, 0.5) is 5.69 Å². The van der Waals surface area contributed by atoms with Gasteiger partial charge in [0.15, 0.2) is 5.69 Å². The third-order valence-corrected chi connectivity index (χ3v) is 1.99. The highest BCUT2D eigenvalue weighted by molar-refractivity contribution is 5.84. The van der Waals surface area contributed by atoms with Gasteiger partial charge in [-0.2, -0.15) is 4.99 Å². The largest absolute Gasteiger partial charge is 0.476 e. The second-order valence-corrected chi connectivity index (χ2v) is 3.43. The first kappa shape index (κ1) is 14.2. The van der Waals surface area contributed by atoms with Gasteiger partial charge in [0.1, 0.15) is 0 Å². The van der Waals surface area contributed by atoms with Crippen LogP contribution < -0.4 is 0 Å². The lowest BCUT2D eigenvalue weighted by Gasteiger charge is -1.89. The molecule has 0 aliphatic carbocycles. The zero-order chi connectivity index (χ0) is 14.1. The summed E-state index contributed by atoms with van der Waals surface area (Å²) in [5, 5.41) is 8.28. The van der Waals surface area contributed by atoms with Gasteiger partial charge in [0, 0.05) is 12.4 Å². The van der Waals surface area contributed by atoms with E-state index in [0.29, 0.717) is 5.69 Å². The van der Waals surface area contributed by atoms with Crippen molar-refractivity contribution in [2.45, 2.75) is 6.92 Å². The Morgan fingerprint density at radius 2 is 1.95 bits per heavy atom. The van der Waals surface area contributed by atoms with Crippen molar-refractivity contribution < 1.29 is 14.7 Å². The van der Waals surface area contributed by atoms with Crippen LogP contribution in [-0.4, -0.2) is 27.1 Å². The van der Waals surface area contributed by atoms with Crippen molar-refractivity contribution in [3.8, 4) is 0 Å². The monoisotopic (exact) mass is 257 g/mol. The number of hydrogen-bond acceptors (Lipinski definition) is 5. The number of aliphatic imine (C=N–C) groups is 1. The van der Waals surface area contributed by atoms with Gasteiger partial charge in [-0.15, -0.1) is 0 Å². The molecule has 96 valence electrons. The highest BCUT2D eigenvalue weighted by Gasteiger charge is 2.00. The summed E-state index contributed by atoms with van der Waals surface area (Å²) in [7, 11) is 0. The number of hydrogen-bond donors (Lipinski definition) is 1. The summed E-state index contributed by atoms with van der Waals surface area (Å²) in [5.74, 6) is -1.05. The van der Waals surface area contributed by atoms with Gasteiger partial charge in [0.05, 0.1) is 11.9 Å². The Balaban J connectivity index is 0.000000191. The third-order valence-electron chi connectivity index (χ3n) is 1.99. The normalized spacial score (nSPS) is 8.68. The molecule has 1 aromatic carbocycles. The molecule has 0 saturated heterocycles. The summed E-state index contributed by atoms with van der Waals surface area (Å²) in [4.78, 5) is 30.4. The third kappa shape index (κ3) is 5.34. The van der Waals surface area contributed by atoms with Crippen molar-refractivity contribution in [3.05, 3.63) is 54.1 Å². The summed E-state index contributed by atoms with van der Waals surface area (Å²) in [5.41, 5.74) is 1.78. The maximum absolute atomic E-state index is 10.1. The van der Waals surface area contributed by atoms with Gasteiger partial charge in [-0.3, -0.25) is 4.98 Å². The number of carbonyl (C=O) groups is 1. The molecule has 0 radical (unpaired) electrons. The molecule has 6 heteroatoms. The van der Waals surface area contributed by atoms with Crippen molar-refractivity contribution in [1.82, 2.24) is 9.97 Å². The SMILES string of the molecule is Cc1ccc(N=C=O)cc1.O=C(O)c1cnccn1. The molecular weight excluding hydrogens is 246 g/mol. The van der Waals surface area contributed by atoms with Gasteiger partial charge in [-0.1, -0.05) is 17.7 Å². The Morgan fingerprint density at radius 3 is 2.37 bits per heavy atom. The fourth-order valence-electron chi connectivity index (χ4n) is 1.08. The molecule has 0 unspecified atom stereocenters. The van der Waals surface area contributed by atoms with Crippen LogP contribution in [0.1, 0.15) is 16.1 Å². The van der Waals surface area contributed by atoms with E-state index in [1.165, 1.54) is 24.7 Å². The first-order valence-electron chi connectivity index (χ1n) is 5.27. The topological polar surface area (TPSA) is 92.5 Å². The predicted molar refractivity (Wildman–Crippen MR) is 68.0 cm³/mol. The summed E-state index contributed by atoms with van der Waals surface area (Å²) in [6.45, 7) is 1.98. The fourth-order valence-corrected chi connectivity index (χ4v) is 1.08. The van der Waals surface area contributed by atoms with Crippen LogP contribution in [0, 0.1) is 6.92 Å². The van der Waals surface area contributed by atoms with Crippen LogP contribution in [0.25, 0.3) is 0 Å². The lowest BCUT2D eigenvalue weighted by molar-refractivity contribution is 0.0690. The second kappa shape index (κ2) is 7.47. The number of benzene rings is 1. The van der Waals surface area contributed by atoms with Gasteiger partial charge >= 0.3 is 5.97 Å². The van der Waals surface area contributed by atoms with E-state index < -0.39 is 5.97 Å². The number of nitrogens with zero attached hydrogens (tertiary/aromatic N) is 3. The maximum Gasteiger partial charge on any atom is 0.356 e. The van der Waals surface area contributed by atoms with Crippen LogP contribution in [0.2, 0.25) is 0 Å². The molecule has 6 nitrogen and oxygen atoms in total. The smallest absolute Gasteiger partial charge is 0.356 e. The van der Waals surface area contributed by atoms with E-state index in [0.717, 1.165) is 5.56 Å². The zero-order valence-corrected chi connectivity index (χ0v) is 10.1. The molecular formula is C13H11N3O3. The highest BCUT2D eigenvalue weighted by Crippen LogP contribution is 2.10. The lowest BCUT2D eigenvalue weighted by Crippen LogP contribution is -1.99. The van der Waals surface area contributed by atoms with E-state index >= 15 is 0 Å². The fraction of sp³-hybridized carbons (Fsp3) is 0.0769. The highest BCUT2D eigenvalue weighted by atomic mass is 16.4. The van der Waals surface area contributed by atoms with E-state index in [1.54, 1.807) is 12.1 Å². The molecule has 0 amide bonds. The molecule has 1 N–H and O–H groups in total. The van der Waals surface area contributed by atoms with E-state index in [4.69, 9.17) is 5.11 Å². The molecule has 19 heavy (non-hydrogen) atoms.